The third-order valence-electron chi connectivity index (χ3n) is 6.49. The highest BCUT2D eigenvalue weighted by Gasteiger charge is 2.48. The van der Waals surface area contributed by atoms with Crippen molar-refractivity contribution < 1.29 is 19.4 Å². The number of ether oxygens (including phenoxy) is 1. The summed E-state index contributed by atoms with van der Waals surface area (Å²) in [7, 11) is 1.56. The number of carbonyl (C=O) groups is 2. The molecule has 1 N–H and O–H groups in total. The number of nitrogens with zero attached hydrogens (tertiary/aromatic N) is 2. The van der Waals surface area contributed by atoms with Crippen LogP contribution in [0.3, 0.4) is 0 Å². The van der Waals surface area contributed by atoms with E-state index in [1.807, 2.05) is 12.1 Å². The molecule has 6 nitrogen and oxygen atoms in total. The monoisotopic (exact) mass is 482 g/mol. The lowest BCUT2D eigenvalue weighted by Gasteiger charge is -2.33. The van der Waals surface area contributed by atoms with Crippen molar-refractivity contribution in [3.63, 3.8) is 0 Å². The fourth-order valence-electron chi connectivity index (χ4n) is 4.86. The predicted octanol–water partition coefficient (Wildman–Crippen LogP) is 5.95. The van der Waals surface area contributed by atoms with Crippen LogP contribution >= 0.6 is 22.9 Å². The molecule has 1 aliphatic heterocycles. The molecule has 0 radical (unpaired) electrons. The number of fused-ring (bicyclic) bond motifs is 1. The van der Waals surface area contributed by atoms with Gasteiger partial charge in [0.2, 0.25) is 0 Å². The number of aliphatic hydroxyl groups excluding tert-OH is 1. The SMILES string of the molecule is COc1ccc(C(=O)C2=C(O)C(=O)N(c3nc4ccc(Cl)cc4s3)C2C2CCCCC2)cc1. The molecule has 0 spiro atoms. The van der Waals surface area contributed by atoms with Crippen molar-refractivity contribution >= 4 is 50.0 Å². The predicted molar refractivity (Wildman–Crippen MR) is 129 cm³/mol. The molecule has 33 heavy (non-hydrogen) atoms. The number of benzene rings is 2. The highest BCUT2D eigenvalue weighted by Crippen LogP contribution is 2.43. The van der Waals surface area contributed by atoms with Crippen LogP contribution in [0.1, 0.15) is 42.5 Å². The van der Waals surface area contributed by atoms with E-state index in [1.165, 1.54) is 16.2 Å². The first-order valence-corrected chi connectivity index (χ1v) is 12.2. The van der Waals surface area contributed by atoms with Crippen LogP contribution < -0.4 is 9.64 Å². The Morgan fingerprint density at radius 3 is 2.58 bits per heavy atom. The Morgan fingerprint density at radius 1 is 1.15 bits per heavy atom. The molecule has 1 aromatic heterocycles. The summed E-state index contributed by atoms with van der Waals surface area (Å²) < 4.78 is 6.04. The van der Waals surface area contributed by atoms with Crippen molar-refractivity contribution in [2.45, 2.75) is 38.1 Å². The summed E-state index contributed by atoms with van der Waals surface area (Å²) in [5.74, 6) is -0.701. The average Bonchev–Trinajstić information content (AvgIpc) is 3.37. The Hall–Kier alpha value is -2.90. The second-order valence-electron chi connectivity index (χ2n) is 8.45. The summed E-state index contributed by atoms with van der Waals surface area (Å²) in [6.07, 6.45) is 4.97. The van der Waals surface area contributed by atoms with Crippen LogP contribution in [-0.4, -0.2) is 34.9 Å². The number of rotatable bonds is 5. The lowest BCUT2D eigenvalue weighted by Crippen LogP contribution is -2.42. The van der Waals surface area contributed by atoms with Gasteiger partial charge in [-0.1, -0.05) is 42.2 Å². The van der Waals surface area contributed by atoms with Crippen molar-refractivity contribution in [1.29, 1.82) is 0 Å². The molecule has 2 aromatic carbocycles. The topological polar surface area (TPSA) is 79.7 Å². The first-order valence-electron chi connectivity index (χ1n) is 11.0. The molecule has 8 heteroatoms. The Bertz CT molecular complexity index is 1260. The number of aliphatic hydroxyl groups is 1. The van der Waals surface area contributed by atoms with Crippen molar-refractivity contribution in [1.82, 2.24) is 4.98 Å². The summed E-state index contributed by atoms with van der Waals surface area (Å²) in [5, 5.41) is 12.0. The van der Waals surface area contributed by atoms with E-state index < -0.39 is 17.7 Å². The number of Topliss-reactive ketones (excluding diaryl/α,β-unsaturated/α-hetero) is 1. The molecule has 5 rings (SSSR count). The number of methoxy groups -OCH3 is 1. The first kappa shape index (κ1) is 21.9. The molecule has 170 valence electrons. The van der Waals surface area contributed by atoms with Gasteiger partial charge in [-0.05, 0) is 61.2 Å². The first-order chi connectivity index (χ1) is 16.0. The molecule has 0 saturated heterocycles. The second kappa shape index (κ2) is 8.80. The maximum absolute atomic E-state index is 13.6. The van der Waals surface area contributed by atoms with E-state index in [4.69, 9.17) is 16.3 Å². The van der Waals surface area contributed by atoms with Crippen molar-refractivity contribution in [3.8, 4) is 5.75 Å². The number of hydrogen-bond donors (Lipinski definition) is 1. The largest absolute Gasteiger partial charge is 0.503 e. The lowest BCUT2D eigenvalue weighted by atomic mass is 9.79. The Balaban J connectivity index is 1.59. The number of anilines is 1. The summed E-state index contributed by atoms with van der Waals surface area (Å²) in [6, 6.07) is 11.5. The van der Waals surface area contributed by atoms with Gasteiger partial charge in [-0.15, -0.1) is 0 Å². The average molecular weight is 483 g/mol. The molecule has 2 aliphatic rings. The van der Waals surface area contributed by atoms with E-state index in [1.54, 1.807) is 37.4 Å². The van der Waals surface area contributed by atoms with Gasteiger partial charge in [0.15, 0.2) is 16.7 Å². The van der Waals surface area contributed by atoms with Crippen molar-refractivity contribution in [2.75, 3.05) is 12.0 Å². The maximum Gasteiger partial charge on any atom is 0.296 e. The quantitative estimate of drug-likeness (QED) is 0.454. The second-order valence-corrected chi connectivity index (χ2v) is 9.89. The summed E-state index contributed by atoms with van der Waals surface area (Å²) in [4.78, 5) is 33.1. The standard InChI is InChI=1S/C25H23ClN2O4S/c1-32-17-10-7-15(8-11-17)22(29)20-21(14-5-3-2-4-6-14)28(24(31)23(20)30)25-27-18-12-9-16(26)13-19(18)33-25/h7-14,21,30H,2-6H2,1H3. The summed E-state index contributed by atoms with van der Waals surface area (Å²) >= 11 is 7.48. The molecule has 1 fully saturated rings. The van der Waals surface area contributed by atoms with Gasteiger partial charge < -0.3 is 9.84 Å². The minimum absolute atomic E-state index is 0.0696. The van der Waals surface area contributed by atoms with Gasteiger partial charge in [0.1, 0.15) is 5.75 Å². The Morgan fingerprint density at radius 2 is 1.88 bits per heavy atom. The molecular formula is C25H23ClN2O4S. The zero-order valence-corrected chi connectivity index (χ0v) is 19.7. The van der Waals surface area contributed by atoms with Gasteiger partial charge in [0, 0.05) is 10.6 Å². The molecule has 1 amide bonds. The molecule has 0 bridgehead atoms. The number of halogens is 1. The molecule has 3 aromatic rings. The number of carbonyl (C=O) groups excluding carboxylic acids is 2. The van der Waals surface area contributed by atoms with Crippen molar-refractivity contribution in [3.05, 3.63) is 64.4 Å². The number of amides is 1. The number of ketones is 1. The highest BCUT2D eigenvalue weighted by atomic mass is 35.5. The van der Waals surface area contributed by atoms with Gasteiger partial charge in [0.25, 0.3) is 5.91 Å². The van der Waals surface area contributed by atoms with E-state index in [9.17, 15) is 14.7 Å². The van der Waals surface area contributed by atoms with E-state index in [2.05, 4.69) is 4.98 Å². The Kier molecular flexibility index (Phi) is 5.85. The number of hydrogen-bond acceptors (Lipinski definition) is 6. The number of aromatic nitrogens is 1. The van der Waals surface area contributed by atoms with Gasteiger partial charge in [0.05, 0.1) is 28.9 Å². The van der Waals surface area contributed by atoms with Crippen LogP contribution in [0.25, 0.3) is 10.2 Å². The number of thiazole rings is 1. The van der Waals surface area contributed by atoms with E-state index in [0.717, 1.165) is 42.3 Å². The van der Waals surface area contributed by atoms with Gasteiger partial charge in [-0.2, -0.15) is 0 Å². The lowest BCUT2D eigenvalue weighted by molar-refractivity contribution is -0.117. The summed E-state index contributed by atoms with van der Waals surface area (Å²) in [6.45, 7) is 0. The fourth-order valence-corrected chi connectivity index (χ4v) is 6.13. The molecule has 2 heterocycles. The summed E-state index contributed by atoms with van der Waals surface area (Å²) in [5.41, 5.74) is 1.29. The maximum atomic E-state index is 13.6. The normalized spacial score (nSPS) is 19.5. The minimum atomic E-state index is -0.576. The molecule has 1 aliphatic carbocycles. The minimum Gasteiger partial charge on any atom is -0.503 e. The molecule has 1 unspecified atom stereocenters. The third kappa shape index (κ3) is 3.89. The van der Waals surface area contributed by atoms with Crippen LogP contribution in [-0.2, 0) is 4.79 Å². The van der Waals surface area contributed by atoms with Crippen LogP contribution in [0, 0.1) is 5.92 Å². The van der Waals surface area contributed by atoms with Crippen molar-refractivity contribution in [2.24, 2.45) is 5.92 Å². The van der Waals surface area contributed by atoms with E-state index >= 15 is 0 Å². The highest BCUT2D eigenvalue weighted by molar-refractivity contribution is 7.22. The zero-order chi connectivity index (χ0) is 23.1. The van der Waals surface area contributed by atoms with E-state index in [-0.39, 0.29) is 17.3 Å². The van der Waals surface area contributed by atoms with Crippen LogP contribution in [0.15, 0.2) is 53.8 Å². The van der Waals surface area contributed by atoms with Crippen LogP contribution in [0.2, 0.25) is 5.02 Å². The van der Waals surface area contributed by atoms with Crippen LogP contribution in [0.4, 0.5) is 5.13 Å². The van der Waals surface area contributed by atoms with E-state index in [0.29, 0.717) is 21.5 Å². The van der Waals surface area contributed by atoms with Gasteiger partial charge >= 0.3 is 0 Å². The van der Waals surface area contributed by atoms with Gasteiger partial charge in [-0.3, -0.25) is 14.5 Å². The molecule has 1 atom stereocenters. The van der Waals surface area contributed by atoms with Gasteiger partial charge in [-0.25, -0.2) is 4.98 Å². The fraction of sp³-hybridized carbons (Fsp3) is 0.320. The zero-order valence-electron chi connectivity index (χ0n) is 18.1. The van der Waals surface area contributed by atoms with Crippen LogP contribution in [0.5, 0.6) is 5.75 Å². The molecule has 1 saturated carbocycles. The third-order valence-corrected chi connectivity index (χ3v) is 7.74. The Labute approximate surface area is 200 Å². The smallest absolute Gasteiger partial charge is 0.296 e. The molecular weight excluding hydrogens is 460 g/mol.